The molecule has 1 aliphatic carbocycles. The number of carboxylic acid groups (broad SMARTS) is 1. The standard InChI is InChI=1S/C18H21N3O3/c1-21(17(22)13-7-8-14(9-13)18(23)24)11-15-10-19-20-16(15)12-5-3-2-4-6-12/h2-6,10,13-14H,7-9,11H2,1H3,(H,19,20)(H,23,24)/t13-,14+/m0/s1. The molecule has 1 saturated carbocycles. The first-order valence-corrected chi connectivity index (χ1v) is 8.11. The molecule has 0 saturated heterocycles. The van der Waals surface area contributed by atoms with E-state index in [9.17, 15) is 9.59 Å². The van der Waals surface area contributed by atoms with E-state index in [2.05, 4.69) is 10.2 Å². The van der Waals surface area contributed by atoms with Crippen LogP contribution < -0.4 is 0 Å². The molecule has 0 unspecified atom stereocenters. The van der Waals surface area contributed by atoms with E-state index in [1.165, 1.54) is 0 Å². The van der Waals surface area contributed by atoms with Crippen LogP contribution in [0.4, 0.5) is 0 Å². The molecule has 3 rings (SSSR count). The number of aromatic nitrogens is 2. The number of amides is 1. The Labute approximate surface area is 140 Å². The lowest BCUT2D eigenvalue weighted by Gasteiger charge is -2.21. The molecule has 2 N–H and O–H groups in total. The van der Waals surface area contributed by atoms with Crippen molar-refractivity contribution < 1.29 is 14.7 Å². The average molecular weight is 327 g/mol. The summed E-state index contributed by atoms with van der Waals surface area (Å²) in [6.45, 7) is 0.452. The molecule has 0 bridgehead atoms. The summed E-state index contributed by atoms with van der Waals surface area (Å²) in [7, 11) is 1.76. The number of aromatic amines is 1. The highest BCUT2D eigenvalue weighted by Gasteiger charge is 2.35. The number of aliphatic carboxylic acids is 1. The maximum atomic E-state index is 12.6. The number of rotatable bonds is 5. The fourth-order valence-corrected chi connectivity index (χ4v) is 3.36. The number of H-pyrrole nitrogens is 1. The van der Waals surface area contributed by atoms with Crippen molar-refractivity contribution in [1.82, 2.24) is 15.1 Å². The molecule has 6 nitrogen and oxygen atoms in total. The van der Waals surface area contributed by atoms with E-state index in [-0.39, 0.29) is 17.7 Å². The third-order valence-electron chi connectivity index (χ3n) is 4.70. The minimum atomic E-state index is -0.797. The fourth-order valence-electron chi connectivity index (χ4n) is 3.36. The number of benzene rings is 1. The molecule has 0 radical (unpaired) electrons. The third kappa shape index (κ3) is 3.32. The zero-order valence-corrected chi connectivity index (χ0v) is 13.6. The van der Waals surface area contributed by atoms with Gasteiger partial charge in [0.05, 0.1) is 17.8 Å². The van der Waals surface area contributed by atoms with Crippen molar-refractivity contribution in [2.24, 2.45) is 11.8 Å². The molecule has 2 aromatic rings. The number of hydrogen-bond donors (Lipinski definition) is 2. The second-order valence-electron chi connectivity index (χ2n) is 6.38. The van der Waals surface area contributed by atoms with E-state index in [4.69, 9.17) is 5.11 Å². The van der Waals surface area contributed by atoms with Gasteiger partial charge in [-0.15, -0.1) is 0 Å². The van der Waals surface area contributed by atoms with Gasteiger partial charge in [0.1, 0.15) is 0 Å². The highest BCUT2D eigenvalue weighted by molar-refractivity contribution is 5.81. The van der Waals surface area contributed by atoms with Gasteiger partial charge < -0.3 is 10.0 Å². The Balaban J connectivity index is 1.68. The predicted molar refractivity (Wildman–Crippen MR) is 89.0 cm³/mol. The first-order chi connectivity index (χ1) is 11.6. The van der Waals surface area contributed by atoms with Crippen LogP contribution in [0.2, 0.25) is 0 Å². The largest absolute Gasteiger partial charge is 0.481 e. The molecule has 1 aliphatic rings. The number of nitrogens with zero attached hydrogens (tertiary/aromatic N) is 2. The summed E-state index contributed by atoms with van der Waals surface area (Å²) in [5.74, 6) is -1.36. The third-order valence-corrected chi connectivity index (χ3v) is 4.70. The Kier molecular flexibility index (Phi) is 4.64. The van der Waals surface area contributed by atoms with Crippen LogP contribution in [0.1, 0.15) is 24.8 Å². The van der Waals surface area contributed by atoms with Crippen LogP contribution in [0.5, 0.6) is 0 Å². The van der Waals surface area contributed by atoms with Gasteiger partial charge in [-0.05, 0) is 24.8 Å². The van der Waals surface area contributed by atoms with Crippen LogP contribution in [0.3, 0.4) is 0 Å². The highest BCUT2D eigenvalue weighted by atomic mass is 16.4. The predicted octanol–water partition coefficient (Wildman–Crippen LogP) is 2.54. The Bertz CT molecular complexity index is 726. The van der Waals surface area contributed by atoms with Crippen LogP contribution in [0.25, 0.3) is 11.3 Å². The fraction of sp³-hybridized carbons (Fsp3) is 0.389. The second kappa shape index (κ2) is 6.86. The molecular formula is C18H21N3O3. The molecule has 2 atom stereocenters. The van der Waals surface area contributed by atoms with Crippen molar-refractivity contribution in [1.29, 1.82) is 0 Å². The van der Waals surface area contributed by atoms with Gasteiger partial charge >= 0.3 is 5.97 Å². The molecule has 1 amide bonds. The van der Waals surface area contributed by atoms with Gasteiger partial charge in [-0.1, -0.05) is 30.3 Å². The molecule has 126 valence electrons. The van der Waals surface area contributed by atoms with Gasteiger partial charge in [-0.2, -0.15) is 5.10 Å². The van der Waals surface area contributed by atoms with Crippen molar-refractivity contribution in [2.45, 2.75) is 25.8 Å². The van der Waals surface area contributed by atoms with Gasteiger partial charge in [-0.25, -0.2) is 0 Å². The summed E-state index contributed by atoms with van der Waals surface area (Å²) in [6.07, 6.45) is 3.41. The van der Waals surface area contributed by atoms with Crippen molar-refractivity contribution in [3.8, 4) is 11.3 Å². The molecular weight excluding hydrogens is 306 g/mol. The monoisotopic (exact) mass is 327 g/mol. The van der Waals surface area contributed by atoms with Crippen molar-refractivity contribution in [3.63, 3.8) is 0 Å². The zero-order valence-electron chi connectivity index (χ0n) is 13.6. The van der Waals surface area contributed by atoms with E-state index in [0.29, 0.717) is 25.8 Å². The number of carboxylic acids is 1. The van der Waals surface area contributed by atoms with Crippen LogP contribution in [-0.4, -0.2) is 39.1 Å². The van der Waals surface area contributed by atoms with Crippen LogP contribution in [0.15, 0.2) is 36.5 Å². The van der Waals surface area contributed by atoms with Gasteiger partial charge in [0.25, 0.3) is 0 Å². The molecule has 1 aromatic heterocycles. The maximum Gasteiger partial charge on any atom is 0.306 e. The summed E-state index contributed by atoms with van der Waals surface area (Å²) < 4.78 is 0. The number of carbonyl (C=O) groups excluding carboxylic acids is 1. The van der Waals surface area contributed by atoms with Crippen molar-refractivity contribution in [3.05, 3.63) is 42.1 Å². The average Bonchev–Trinajstić information content (AvgIpc) is 3.24. The first-order valence-electron chi connectivity index (χ1n) is 8.11. The van der Waals surface area contributed by atoms with Gasteiger partial charge in [0.2, 0.25) is 5.91 Å². The number of hydrogen-bond acceptors (Lipinski definition) is 3. The van der Waals surface area contributed by atoms with Gasteiger partial charge in [0, 0.05) is 25.1 Å². The molecule has 1 fully saturated rings. The SMILES string of the molecule is CN(Cc1cn[nH]c1-c1ccccc1)C(=O)[C@H]1CC[C@@H](C(=O)O)C1. The summed E-state index contributed by atoms with van der Waals surface area (Å²) in [5.41, 5.74) is 2.88. The Hall–Kier alpha value is -2.63. The molecule has 1 aromatic carbocycles. The minimum absolute atomic E-state index is 0.0129. The Morgan fingerprint density at radius 1 is 1.25 bits per heavy atom. The second-order valence-corrected chi connectivity index (χ2v) is 6.38. The lowest BCUT2D eigenvalue weighted by atomic mass is 10.0. The topological polar surface area (TPSA) is 86.3 Å². The highest BCUT2D eigenvalue weighted by Crippen LogP contribution is 2.32. The van der Waals surface area contributed by atoms with E-state index < -0.39 is 5.97 Å². The normalized spacial score (nSPS) is 20.0. The lowest BCUT2D eigenvalue weighted by Crippen LogP contribution is -2.31. The van der Waals surface area contributed by atoms with Gasteiger partial charge in [0.15, 0.2) is 0 Å². The summed E-state index contributed by atoms with van der Waals surface area (Å²) in [5, 5.41) is 16.2. The molecule has 6 heteroatoms. The van der Waals surface area contributed by atoms with Crippen molar-refractivity contribution in [2.75, 3.05) is 7.05 Å². The number of nitrogens with one attached hydrogen (secondary N) is 1. The maximum absolute atomic E-state index is 12.6. The summed E-state index contributed by atoms with van der Waals surface area (Å²) in [6, 6.07) is 9.85. The van der Waals surface area contributed by atoms with Crippen LogP contribution in [0, 0.1) is 11.8 Å². The lowest BCUT2D eigenvalue weighted by molar-refractivity contribution is -0.141. The van der Waals surface area contributed by atoms with E-state index >= 15 is 0 Å². The van der Waals surface area contributed by atoms with Gasteiger partial charge in [-0.3, -0.25) is 14.7 Å². The van der Waals surface area contributed by atoms with E-state index in [1.807, 2.05) is 30.3 Å². The van der Waals surface area contributed by atoms with Crippen LogP contribution >= 0.6 is 0 Å². The molecule has 0 spiro atoms. The Morgan fingerprint density at radius 3 is 2.62 bits per heavy atom. The zero-order chi connectivity index (χ0) is 17.1. The smallest absolute Gasteiger partial charge is 0.306 e. The van der Waals surface area contributed by atoms with Crippen molar-refractivity contribution >= 4 is 11.9 Å². The summed E-state index contributed by atoms with van der Waals surface area (Å²) in [4.78, 5) is 25.3. The van der Waals surface area contributed by atoms with E-state index in [1.54, 1.807) is 18.1 Å². The minimum Gasteiger partial charge on any atom is -0.481 e. The Morgan fingerprint density at radius 2 is 1.96 bits per heavy atom. The van der Waals surface area contributed by atoms with E-state index in [0.717, 1.165) is 16.8 Å². The van der Waals surface area contributed by atoms with Crippen LogP contribution in [-0.2, 0) is 16.1 Å². The quantitative estimate of drug-likeness (QED) is 0.883. The number of carbonyl (C=O) groups is 2. The molecule has 0 aliphatic heterocycles. The molecule has 24 heavy (non-hydrogen) atoms. The first kappa shape index (κ1) is 16.2. The summed E-state index contributed by atoms with van der Waals surface area (Å²) >= 11 is 0. The molecule has 1 heterocycles.